The number of thioether (sulfide) groups is 1. The molecule has 0 radical (unpaired) electrons. The highest BCUT2D eigenvalue weighted by Gasteiger charge is 2.15. The largest absolute Gasteiger partial charge is 0.465 e. The molecule has 2 N–H and O–H groups in total. The molecule has 0 aliphatic carbocycles. The van der Waals surface area contributed by atoms with Crippen LogP contribution >= 0.6 is 11.8 Å². The van der Waals surface area contributed by atoms with Crippen LogP contribution in [0.5, 0.6) is 0 Å². The fourth-order valence-corrected chi connectivity index (χ4v) is 1.40. The molecule has 0 aromatic carbocycles. The minimum Gasteiger partial charge on any atom is -0.465 e. The summed E-state index contributed by atoms with van der Waals surface area (Å²) in [4.78, 5) is 10.0. The molecule has 0 saturated carbocycles. The Morgan fingerprint density at radius 1 is 1.62 bits per heavy atom. The Bertz CT molecular complexity index is 170. The molecule has 13 heavy (non-hydrogen) atoms. The summed E-state index contributed by atoms with van der Waals surface area (Å²) in [5.41, 5.74) is 0. The lowest BCUT2D eigenvalue weighted by molar-refractivity contribution is 0.190. The van der Waals surface area contributed by atoms with E-state index in [4.69, 9.17) is 5.11 Å². The average molecular weight is 209 g/mol. The highest BCUT2D eigenvalue weighted by molar-refractivity contribution is 8.00. The van der Waals surface area contributed by atoms with Gasteiger partial charge in [0, 0.05) is 10.5 Å². The van der Waals surface area contributed by atoms with Crippen LogP contribution in [-0.4, -0.2) is 34.4 Å². The number of rotatable bonds is 4. The minimum atomic E-state index is -1.18. The summed E-state index contributed by atoms with van der Waals surface area (Å²) in [6.45, 7) is 5.86. The van der Waals surface area contributed by atoms with Crippen molar-refractivity contribution in [3.63, 3.8) is 0 Å². The molecule has 5 heteroatoms. The van der Waals surface area contributed by atoms with Crippen molar-refractivity contribution in [2.75, 3.05) is 12.3 Å². The van der Waals surface area contributed by atoms with Crippen molar-refractivity contribution >= 4 is 17.9 Å². The third kappa shape index (κ3) is 9.46. The molecule has 1 amide bonds. The zero-order chi connectivity index (χ0) is 10.5. The van der Waals surface area contributed by atoms with Crippen LogP contribution in [0.4, 0.5) is 9.18 Å². The SMILES string of the molecule is CC(C)(C)SC[C@H](F)CNC(=O)O. The fourth-order valence-electron chi connectivity index (χ4n) is 0.597. The van der Waals surface area contributed by atoms with Crippen LogP contribution in [0.3, 0.4) is 0 Å². The maximum absolute atomic E-state index is 12.9. The van der Waals surface area contributed by atoms with E-state index in [1.54, 1.807) is 0 Å². The van der Waals surface area contributed by atoms with E-state index in [0.29, 0.717) is 5.75 Å². The normalized spacial score (nSPS) is 13.8. The van der Waals surface area contributed by atoms with Crippen molar-refractivity contribution < 1.29 is 14.3 Å². The summed E-state index contributed by atoms with van der Waals surface area (Å²) in [6, 6.07) is 0. The molecule has 0 bridgehead atoms. The van der Waals surface area contributed by atoms with Gasteiger partial charge in [0.25, 0.3) is 0 Å². The van der Waals surface area contributed by atoms with Gasteiger partial charge in [-0.25, -0.2) is 9.18 Å². The smallest absolute Gasteiger partial charge is 0.404 e. The second-order valence-corrected chi connectivity index (χ2v) is 5.55. The van der Waals surface area contributed by atoms with Gasteiger partial charge in [-0.1, -0.05) is 20.8 Å². The van der Waals surface area contributed by atoms with Gasteiger partial charge in [-0.05, 0) is 0 Å². The van der Waals surface area contributed by atoms with Crippen LogP contribution in [0.25, 0.3) is 0 Å². The summed E-state index contributed by atoms with van der Waals surface area (Å²) in [6.07, 6.45) is -2.29. The Kier molecular flexibility index (Phi) is 5.13. The third-order valence-corrected chi connectivity index (χ3v) is 2.57. The van der Waals surface area contributed by atoms with E-state index < -0.39 is 12.3 Å². The number of hydrogen-bond acceptors (Lipinski definition) is 2. The van der Waals surface area contributed by atoms with Crippen molar-refractivity contribution in [1.82, 2.24) is 5.32 Å². The first kappa shape index (κ1) is 12.6. The monoisotopic (exact) mass is 209 g/mol. The Morgan fingerprint density at radius 3 is 2.54 bits per heavy atom. The van der Waals surface area contributed by atoms with E-state index in [0.717, 1.165) is 0 Å². The number of hydrogen-bond donors (Lipinski definition) is 2. The third-order valence-electron chi connectivity index (χ3n) is 1.17. The molecule has 78 valence electrons. The Labute approximate surface area is 82.1 Å². The summed E-state index contributed by atoms with van der Waals surface area (Å²) in [7, 11) is 0. The lowest BCUT2D eigenvalue weighted by Gasteiger charge is -2.18. The first-order valence-electron chi connectivity index (χ1n) is 4.06. The first-order chi connectivity index (χ1) is 5.81. The molecule has 0 fully saturated rings. The van der Waals surface area contributed by atoms with Gasteiger partial charge in [0.05, 0.1) is 6.54 Å². The van der Waals surface area contributed by atoms with Crippen LogP contribution in [0.1, 0.15) is 20.8 Å². The lowest BCUT2D eigenvalue weighted by atomic mass is 10.3. The van der Waals surface area contributed by atoms with Crippen molar-refractivity contribution in [2.24, 2.45) is 0 Å². The van der Waals surface area contributed by atoms with Crippen LogP contribution in [0.15, 0.2) is 0 Å². The van der Waals surface area contributed by atoms with Gasteiger partial charge in [0.2, 0.25) is 0 Å². The summed E-state index contributed by atoms with van der Waals surface area (Å²) in [5, 5.41) is 10.2. The van der Waals surface area contributed by atoms with E-state index in [1.807, 2.05) is 26.1 Å². The Hall–Kier alpha value is -0.450. The quantitative estimate of drug-likeness (QED) is 0.745. The first-order valence-corrected chi connectivity index (χ1v) is 5.04. The van der Waals surface area contributed by atoms with Crippen LogP contribution in [0.2, 0.25) is 0 Å². The van der Waals surface area contributed by atoms with E-state index >= 15 is 0 Å². The Morgan fingerprint density at radius 2 is 2.15 bits per heavy atom. The lowest BCUT2D eigenvalue weighted by Crippen LogP contribution is -2.30. The molecule has 0 saturated heterocycles. The summed E-state index contributed by atoms with van der Waals surface area (Å²) < 4.78 is 13.0. The second kappa shape index (κ2) is 5.32. The number of alkyl halides is 1. The molecule has 1 atom stereocenters. The van der Waals surface area contributed by atoms with Gasteiger partial charge in [-0.2, -0.15) is 11.8 Å². The number of carboxylic acid groups (broad SMARTS) is 1. The van der Waals surface area contributed by atoms with E-state index in [1.165, 1.54) is 11.8 Å². The maximum Gasteiger partial charge on any atom is 0.404 e. The standard InChI is InChI=1S/C8H16FNO2S/c1-8(2,3)13-5-6(9)4-10-7(11)12/h6,10H,4-5H2,1-3H3,(H,11,12)/t6-/m1/s1. The van der Waals surface area contributed by atoms with Gasteiger partial charge in [0.15, 0.2) is 0 Å². The summed E-state index contributed by atoms with van der Waals surface area (Å²) >= 11 is 1.49. The van der Waals surface area contributed by atoms with Gasteiger partial charge >= 0.3 is 6.09 Å². The van der Waals surface area contributed by atoms with Gasteiger partial charge < -0.3 is 10.4 Å². The highest BCUT2D eigenvalue weighted by atomic mass is 32.2. The average Bonchev–Trinajstić information content (AvgIpc) is 1.95. The molecule has 0 aromatic rings. The van der Waals surface area contributed by atoms with Crippen LogP contribution in [-0.2, 0) is 0 Å². The molecule has 0 heterocycles. The predicted octanol–water partition coefficient (Wildman–Crippen LogP) is 2.12. The highest BCUT2D eigenvalue weighted by Crippen LogP contribution is 2.24. The topological polar surface area (TPSA) is 49.3 Å². The molecule has 0 spiro atoms. The molecular weight excluding hydrogens is 193 g/mol. The van der Waals surface area contributed by atoms with Gasteiger partial charge in [-0.3, -0.25) is 0 Å². The summed E-state index contributed by atoms with van der Waals surface area (Å²) in [5.74, 6) is 0.323. The molecule has 0 aliphatic heterocycles. The Balaban J connectivity index is 3.52. The molecule has 0 unspecified atom stereocenters. The van der Waals surface area contributed by atoms with Crippen molar-refractivity contribution in [2.45, 2.75) is 31.7 Å². The van der Waals surface area contributed by atoms with E-state index in [-0.39, 0.29) is 11.3 Å². The molecule has 3 nitrogen and oxygen atoms in total. The maximum atomic E-state index is 12.9. The molecular formula is C8H16FNO2S. The number of nitrogens with one attached hydrogen (secondary N) is 1. The second-order valence-electron chi connectivity index (χ2n) is 3.71. The minimum absolute atomic E-state index is 0.0214. The van der Waals surface area contributed by atoms with Crippen molar-refractivity contribution in [1.29, 1.82) is 0 Å². The van der Waals surface area contributed by atoms with Crippen molar-refractivity contribution in [3.8, 4) is 0 Å². The predicted molar refractivity (Wildman–Crippen MR) is 53.1 cm³/mol. The molecule has 0 aromatic heterocycles. The van der Waals surface area contributed by atoms with Gasteiger partial charge in [0.1, 0.15) is 6.17 Å². The number of amides is 1. The molecule has 0 rings (SSSR count). The zero-order valence-electron chi connectivity index (χ0n) is 8.13. The van der Waals surface area contributed by atoms with E-state index in [2.05, 4.69) is 0 Å². The number of halogens is 1. The van der Waals surface area contributed by atoms with Crippen LogP contribution in [0, 0.1) is 0 Å². The van der Waals surface area contributed by atoms with Crippen LogP contribution < -0.4 is 5.32 Å². The zero-order valence-corrected chi connectivity index (χ0v) is 8.95. The van der Waals surface area contributed by atoms with Gasteiger partial charge in [-0.15, -0.1) is 0 Å². The van der Waals surface area contributed by atoms with E-state index in [9.17, 15) is 9.18 Å². The van der Waals surface area contributed by atoms with Crippen molar-refractivity contribution in [3.05, 3.63) is 0 Å². The fraction of sp³-hybridized carbons (Fsp3) is 0.875. The number of carbonyl (C=O) groups is 1. The molecule has 0 aliphatic rings.